The second kappa shape index (κ2) is 6.79. The molecule has 0 bridgehead atoms. The number of benzene rings is 1. The predicted octanol–water partition coefficient (Wildman–Crippen LogP) is 4.41. The molecule has 0 aromatic heterocycles. The smallest absolute Gasteiger partial charge is 0.172 e. The molecule has 3 rings (SSSR count). The highest BCUT2D eigenvalue weighted by Crippen LogP contribution is 2.36. The first-order valence-electron chi connectivity index (χ1n) is 7.50. The first kappa shape index (κ1) is 14.2. The van der Waals surface area contributed by atoms with Crippen molar-refractivity contribution < 1.29 is 9.47 Å². The molecule has 1 spiro atoms. The van der Waals surface area contributed by atoms with Crippen LogP contribution in [0.15, 0.2) is 46.9 Å². The normalized spacial score (nSPS) is 21.1. The van der Waals surface area contributed by atoms with E-state index in [4.69, 9.17) is 9.47 Å². The van der Waals surface area contributed by atoms with Gasteiger partial charge in [-0.25, -0.2) is 0 Å². The third-order valence-electron chi connectivity index (χ3n) is 4.00. The van der Waals surface area contributed by atoms with Crippen molar-refractivity contribution in [2.75, 3.05) is 19.0 Å². The van der Waals surface area contributed by atoms with Gasteiger partial charge in [-0.1, -0.05) is 29.8 Å². The first-order valence-corrected chi connectivity index (χ1v) is 8.49. The van der Waals surface area contributed by atoms with E-state index in [2.05, 4.69) is 36.4 Å². The van der Waals surface area contributed by atoms with E-state index in [0.717, 1.165) is 32.5 Å². The van der Waals surface area contributed by atoms with Crippen LogP contribution in [0.1, 0.15) is 32.1 Å². The Hall–Kier alpha value is -0.770. The molecule has 0 radical (unpaired) electrons. The Morgan fingerprint density at radius 2 is 1.90 bits per heavy atom. The summed E-state index contributed by atoms with van der Waals surface area (Å²) >= 11 is 1.95. The monoisotopic (exact) mass is 290 g/mol. The van der Waals surface area contributed by atoms with Gasteiger partial charge in [-0.3, -0.25) is 0 Å². The van der Waals surface area contributed by atoms with Gasteiger partial charge in [-0.05, 0) is 37.1 Å². The van der Waals surface area contributed by atoms with Crippen LogP contribution in [0.2, 0.25) is 0 Å². The van der Waals surface area contributed by atoms with Crippen molar-refractivity contribution >= 4 is 11.8 Å². The molecule has 20 heavy (non-hydrogen) atoms. The minimum absolute atomic E-state index is 0.262. The van der Waals surface area contributed by atoms with Crippen LogP contribution in [-0.4, -0.2) is 24.8 Å². The lowest BCUT2D eigenvalue weighted by Crippen LogP contribution is -2.31. The Bertz CT molecular complexity index is 449. The van der Waals surface area contributed by atoms with Crippen LogP contribution in [-0.2, 0) is 9.47 Å². The van der Waals surface area contributed by atoms with Gasteiger partial charge < -0.3 is 9.47 Å². The maximum Gasteiger partial charge on any atom is 0.172 e. The molecule has 0 amide bonds. The van der Waals surface area contributed by atoms with Crippen LogP contribution >= 0.6 is 11.8 Å². The summed E-state index contributed by atoms with van der Waals surface area (Å²) in [5.74, 6) is 0.932. The standard InChI is InChI=1S/C17H22O2S/c1-2-6-16(7-3-1)20-14-4-5-15-8-10-17(11-9-15)18-12-13-19-17/h1-3,6-8H,4-5,9-14H2. The van der Waals surface area contributed by atoms with E-state index in [0.29, 0.717) is 0 Å². The predicted molar refractivity (Wildman–Crippen MR) is 83.0 cm³/mol. The number of thioether (sulfide) groups is 1. The topological polar surface area (TPSA) is 18.5 Å². The summed E-state index contributed by atoms with van der Waals surface area (Å²) in [4.78, 5) is 1.37. The van der Waals surface area contributed by atoms with E-state index in [-0.39, 0.29) is 5.79 Å². The molecule has 0 N–H and O–H groups in total. The maximum absolute atomic E-state index is 5.74. The first-order chi connectivity index (χ1) is 9.86. The van der Waals surface area contributed by atoms with Crippen LogP contribution in [0, 0.1) is 0 Å². The van der Waals surface area contributed by atoms with Crippen LogP contribution in [0.4, 0.5) is 0 Å². The minimum Gasteiger partial charge on any atom is -0.347 e. The summed E-state index contributed by atoms with van der Waals surface area (Å²) in [5, 5.41) is 0. The van der Waals surface area contributed by atoms with Crippen molar-refractivity contribution in [3.63, 3.8) is 0 Å². The van der Waals surface area contributed by atoms with E-state index < -0.39 is 0 Å². The van der Waals surface area contributed by atoms with Crippen molar-refractivity contribution in [1.29, 1.82) is 0 Å². The highest BCUT2D eigenvalue weighted by molar-refractivity contribution is 7.99. The number of hydrogen-bond donors (Lipinski definition) is 0. The van der Waals surface area contributed by atoms with E-state index in [1.165, 1.54) is 23.5 Å². The second-order valence-corrected chi connectivity index (χ2v) is 6.61. The minimum atomic E-state index is -0.262. The van der Waals surface area contributed by atoms with Crippen molar-refractivity contribution in [3.8, 4) is 0 Å². The zero-order valence-electron chi connectivity index (χ0n) is 11.8. The Morgan fingerprint density at radius 3 is 2.60 bits per heavy atom. The number of ether oxygens (including phenoxy) is 2. The van der Waals surface area contributed by atoms with Gasteiger partial charge in [-0.2, -0.15) is 0 Å². The largest absolute Gasteiger partial charge is 0.347 e. The van der Waals surface area contributed by atoms with E-state index in [9.17, 15) is 0 Å². The number of hydrogen-bond acceptors (Lipinski definition) is 3. The molecule has 1 fully saturated rings. The highest BCUT2D eigenvalue weighted by atomic mass is 32.2. The molecule has 1 aromatic carbocycles. The molecule has 1 aromatic rings. The Morgan fingerprint density at radius 1 is 1.10 bits per heavy atom. The Kier molecular flexibility index (Phi) is 4.81. The lowest BCUT2D eigenvalue weighted by atomic mass is 9.92. The molecule has 0 saturated carbocycles. The van der Waals surface area contributed by atoms with Crippen molar-refractivity contribution in [2.24, 2.45) is 0 Å². The summed E-state index contributed by atoms with van der Waals surface area (Å²) in [5.41, 5.74) is 1.59. The summed E-state index contributed by atoms with van der Waals surface area (Å²) in [6.45, 7) is 1.52. The Balaban J connectivity index is 1.38. The third kappa shape index (κ3) is 3.66. The number of allylic oxidation sites excluding steroid dienone is 1. The molecule has 1 saturated heterocycles. The second-order valence-electron chi connectivity index (χ2n) is 5.44. The van der Waals surface area contributed by atoms with Gasteiger partial charge in [-0.15, -0.1) is 11.8 Å². The molecule has 3 heteroatoms. The van der Waals surface area contributed by atoms with Gasteiger partial charge in [0.2, 0.25) is 0 Å². The molecule has 1 aliphatic carbocycles. The Labute approximate surface area is 125 Å². The molecule has 0 atom stereocenters. The van der Waals surface area contributed by atoms with Crippen molar-refractivity contribution in [1.82, 2.24) is 0 Å². The lowest BCUT2D eigenvalue weighted by Gasteiger charge is -2.30. The molecule has 1 aliphatic heterocycles. The average Bonchev–Trinajstić information content (AvgIpc) is 2.95. The lowest BCUT2D eigenvalue weighted by molar-refractivity contribution is -0.161. The quantitative estimate of drug-likeness (QED) is 0.454. The maximum atomic E-state index is 5.74. The van der Waals surface area contributed by atoms with Gasteiger partial charge in [0.1, 0.15) is 0 Å². The summed E-state index contributed by atoms with van der Waals surface area (Å²) in [7, 11) is 0. The van der Waals surface area contributed by atoms with Crippen molar-refractivity contribution in [3.05, 3.63) is 42.0 Å². The fourth-order valence-electron chi connectivity index (χ4n) is 2.85. The molecule has 108 valence electrons. The molecular formula is C17H22O2S. The van der Waals surface area contributed by atoms with Crippen LogP contribution in [0.25, 0.3) is 0 Å². The molecule has 0 unspecified atom stereocenters. The zero-order valence-corrected chi connectivity index (χ0v) is 12.7. The van der Waals surface area contributed by atoms with Crippen LogP contribution in [0.5, 0.6) is 0 Å². The average molecular weight is 290 g/mol. The van der Waals surface area contributed by atoms with E-state index in [1.54, 1.807) is 5.57 Å². The molecular weight excluding hydrogens is 268 g/mol. The SMILES string of the molecule is C1=C(CCCSc2ccccc2)CCC2(C1)OCCO2. The van der Waals surface area contributed by atoms with Gasteiger partial charge in [0.15, 0.2) is 5.79 Å². The third-order valence-corrected chi connectivity index (χ3v) is 5.09. The molecule has 1 heterocycles. The van der Waals surface area contributed by atoms with Gasteiger partial charge in [0.05, 0.1) is 13.2 Å². The van der Waals surface area contributed by atoms with E-state index in [1.807, 2.05) is 11.8 Å². The van der Waals surface area contributed by atoms with Gasteiger partial charge in [0, 0.05) is 17.7 Å². The van der Waals surface area contributed by atoms with Crippen molar-refractivity contribution in [2.45, 2.75) is 42.8 Å². The summed E-state index contributed by atoms with van der Waals surface area (Å²) < 4.78 is 11.5. The number of rotatable bonds is 5. The zero-order chi connectivity index (χ0) is 13.7. The summed E-state index contributed by atoms with van der Waals surface area (Å²) in [6.07, 6.45) is 7.92. The molecule has 2 nitrogen and oxygen atoms in total. The van der Waals surface area contributed by atoms with E-state index >= 15 is 0 Å². The fourth-order valence-corrected chi connectivity index (χ4v) is 3.72. The summed E-state index contributed by atoms with van der Waals surface area (Å²) in [6, 6.07) is 10.6. The van der Waals surface area contributed by atoms with Crippen LogP contribution in [0.3, 0.4) is 0 Å². The van der Waals surface area contributed by atoms with Gasteiger partial charge >= 0.3 is 0 Å². The highest BCUT2D eigenvalue weighted by Gasteiger charge is 2.37. The van der Waals surface area contributed by atoms with Gasteiger partial charge in [0.25, 0.3) is 0 Å². The molecule has 2 aliphatic rings. The van der Waals surface area contributed by atoms with Crippen LogP contribution < -0.4 is 0 Å². The fraction of sp³-hybridized carbons (Fsp3) is 0.529.